The van der Waals surface area contributed by atoms with Crippen LogP contribution in [0, 0.1) is 5.41 Å². The number of halogens is 2. The zero-order chi connectivity index (χ0) is 14.7. The molecule has 0 spiro atoms. The maximum absolute atomic E-state index is 13.2. The summed E-state index contributed by atoms with van der Waals surface area (Å²) in [7, 11) is 1.67. The van der Waals surface area contributed by atoms with E-state index in [4.69, 9.17) is 4.74 Å². The predicted molar refractivity (Wildman–Crippen MR) is 69.4 cm³/mol. The van der Waals surface area contributed by atoms with E-state index in [1.807, 2.05) is 0 Å². The second-order valence-electron chi connectivity index (χ2n) is 6.16. The number of nitrogens with one attached hydrogen (secondary N) is 1. The molecular formula is C13H24F2N2O2. The van der Waals surface area contributed by atoms with Crippen LogP contribution in [0.3, 0.4) is 0 Å². The maximum Gasteiger partial charge on any atom is 0.410 e. The molecule has 1 aliphatic heterocycles. The molecule has 112 valence electrons. The summed E-state index contributed by atoms with van der Waals surface area (Å²) in [5, 5.41) is 2.83. The maximum atomic E-state index is 13.2. The van der Waals surface area contributed by atoms with Crippen LogP contribution >= 0.6 is 0 Å². The lowest BCUT2D eigenvalue weighted by Gasteiger charge is -2.41. The number of amides is 1. The van der Waals surface area contributed by atoms with Crippen molar-refractivity contribution >= 4 is 6.09 Å². The van der Waals surface area contributed by atoms with Crippen LogP contribution < -0.4 is 5.32 Å². The van der Waals surface area contributed by atoms with Gasteiger partial charge in [-0.25, -0.2) is 13.6 Å². The molecule has 19 heavy (non-hydrogen) atoms. The molecule has 1 rings (SSSR count). The zero-order valence-corrected chi connectivity index (χ0v) is 12.1. The van der Waals surface area contributed by atoms with E-state index >= 15 is 0 Å². The Morgan fingerprint density at radius 1 is 1.37 bits per heavy atom. The lowest BCUT2D eigenvalue weighted by Crippen LogP contribution is -2.50. The topological polar surface area (TPSA) is 41.6 Å². The lowest BCUT2D eigenvalue weighted by atomic mass is 9.78. The van der Waals surface area contributed by atoms with Gasteiger partial charge in [-0.1, -0.05) is 0 Å². The van der Waals surface area contributed by atoms with E-state index in [-0.39, 0.29) is 6.54 Å². The summed E-state index contributed by atoms with van der Waals surface area (Å²) in [4.78, 5) is 13.4. The van der Waals surface area contributed by atoms with E-state index in [1.54, 1.807) is 27.8 Å². The highest BCUT2D eigenvalue weighted by molar-refractivity contribution is 5.68. The van der Waals surface area contributed by atoms with Crippen LogP contribution in [0.5, 0.6) is 0 Å². The van der Waals surface area contributed by atoms with Gasteiger partial charge in [0.25, 0.3) is 0 Å². The Morgan fingerprint density at radius 3 is 2.26 bits per heavy atom. The van der Waals surface area contributed by atoms with Crippen molar-refractivity contribution in [2.75, 3.05) is 26.7 Å². The Balaban J connectivity index is 2.58. The summed E-state index contributed by atoms with van der Waals surface area (Å²) < 4.78 is 31.6. The molecule has 0 atom stereocenters. The molecule has 0 unspecified atom stereocenters. The van der Waals surface area contributed by atoms with Gasteiger partial charge in [-0.2, -0.15) is 0 Å². The van der Waals surface area contributed by atoms with Crippen LogP contribution in [0.2, 0.25) is 0 Å². The Kier molecular flexibility index (Phi) is 5.12. The number of likely N-dealkylation sites (tertiary alicyclic amines) is 1. The number of carbonyl (C=O) groups is 1. The van der Waals surface area contributed by atoms with E-state index in [0.717, 1.165) is 0 Å². The van der Waals surface area contributed by atoms with Crippen LogP contribution in [0.4, 0.5) is 13.6 Å². The summed E-state index contributed by atoms with van der Waals surface area (Å²) in [5.74, 6) is 0. The third-order valence-electron chi connectivity index (χ3n) is 3.40. The third-order valence-corrected chi connectivity index (χ3v) is 3.40. The van der Waals surface area contributed by atoms with Gasteiger partial charge in [0.15, 0.2) is 0 Å². The fraction of sp³-hybridized carbons (Fsp3) is 0.923. The first-order valence-electron chi connectivity index (χ1n) is 6.61. The second-order valence-corrected chi connectivity index (χ2v) is 6.16. The molecule has 0 aromatic heterocycles. The lowest BCUT2D eigenvalue weighted by molar-refractivity contribution is -0.0505. The molecular weight excluding hydrogens is 254 g/mol. The molecule has 1 N–H and O–H groups in total. The Labute approximate surface area is 113 Å². The Morgan fingerprint density at radius 2 is 1.89 bits per heavy atom. The number of carbonyl (C=O) groups excluding carboxylic acids is 1. The van der Waals surface area contributed by atoms with E-state index in [0.29, 0.717) is 25.9 Å². The predicted octanol–water partition coefficient (Wildman–Crippen LogP) is 2.49. The van der Waals surface area contributed by atoms with Gasteiger partial charge in [0.1, 0.15) is 5.60 Å². The van der Waals surface area contributed by atoms with Crippen molar-refractivity contribution in [3.05, 3.63) is 0 Å². The summed E-state index contributed by atoms with van der Waals surface area (Å²) in [6.07, 6.45) is -2.20. The van der Waals surface area contributed by atoms with Gasteiger partial charge in [0.05, 0.1) is 0 Å². The standard InChI is InChI=1S/C13H24F2N2O2/c1-12(2,3)19-11(18)17-7-5-13(6-8-17,9-16-4)10(14)15/h10,16H,5-9H2,1-4H3. The summed E-state index contributed by atoms with van der Waals surface area (Å²) >= 11 is 0. The molecule has 0 aliphatic carbocycles. The fourth-order valence-electron chi connectivity index (χ4n) is 2.29. The molecule has 0 bridgehead atoms. The minimum Gasteiger partial charge on any atom is -0.444 e. The Bertz CT molecular complexity index is 308. The minimum atomic E-state index is -2.37. The summed E-state index contributed by atoms with van der Waals surface area (Å²) in [5.41, 5.74) is -1.58. The molecule has 1 amide bonds. The molecule has 1 fully saturated rings. The van der Waals surface area contributed by atoms with Crippen molar-refractivity contribution in [3.63, 3.8) is 0 Å². The van der Waals surface area contributed by atoms with E-state index in [1.165, 1.54) is 4.90 Å². The van der Waals surface area contributed by atoms with E-state index in [9.17, 15) is 13.6 Å². The number of ether oxygens (including phenoxy) is 1. The van der Waals surface area contributed by atoms with Crippen LogP contribution in [0.1, 0.15) is 33.6 Å². The Hall–Kier alpha value is -0.910. The van der Waals surface area contributed by atoms with Crippen molar-refractivity contribution in [2.24, 2.45) is 5.41 Å². The average Bonchev–Trinajstić information content (AvgIpc) is 2.27. The highest BCUT2D eigenvalue weighted by Crippen LogP contribution is 2.37. The molecule has 0 saturated carbocycles. The first-order chi connectivity index (χ1) is 8.70. The number of piperidine rings is 1. The van der Waals surface area contributed by atoms with E-state index in [2.05, 4.69) is 5.32 Å². The van der Waals surface area contributed by atoms with Gasteiger partial charge in [-0.3, -0.25) is 0 Å². The van der Waals surface area contributed by atoms with Gasteiger partial charge in [-0.15, -0.1) is 0 Å². The number of alkyl halides is 2. The molecule has 1 aliphatic rings. The SMILES string of the molecule is CNCC1(C(F)F)CCN(C(=O)OC(C)(C)C)CC1. The van der Waals surface area contributed by atoms with Crippen LogP contribution in [0.25, 0.3) is 0 Å². The van der Waals surface area contributed by atoms with Gasteiger partial charge >= 0.3 is 6.09 Å². The van der Waals surface area contributed by atoms with Crippen molar-refractivity contribution in [2.45, 2.75) is 45.6 Å². The fourth-order valence-corrected chi connectivity index (χ4v) is 2.29. The molecule has 1 heterocycles. The number of hydrogen-bond donors (Lipinski definition) is 1. The molecule has 6 heteroatoms. The smallest absolute Gasteiger partial charge is 0.410 e. The quantitative estimate of drug-likeness (QED) is 0.862. The minimum absolute atomic E-state index is 0.271. The first-order valence-corrected chi connectivity index (χ1v) is 6.61. The van der Waals surface area contributed by atoms with Crippen LogP contribution in [-0.4, -0.2) is 49.7 Å². The highest BCUT2D eigenvalue weighted by Gasteiger charge is 2.43. The van der Waals surface area contributed by atoms with Crippen LogP contribution in [-0.2, 0) is 4.74 Å². The van der Waals surface area contributed by atoms with E-state index < -0.39 is 23.5 Å². The van der Waals surface area contributed by atoms with Crippen LogP contribution in [0.15, 0.2) is 0 Å². The normalized spacial score (nSPS) is 19.6. The summed E-state index contributed by atoms with van der Waals surface area (Å²) in [6, 6.07) is 0. The molecule has 1 saturated heterocycles. The van der Waals surface area contributed by atoms with Gasteiger partial charge in [0, 0.05) is 25.0 Å². The number of nitrogens with zero attached hydrogens (tertiary/aromatic N) is 1. The van der Waals surface area contributed by atoms with Crippen molar-refractivity contribution in [3.8, 4) is 0 Å². The van der Waals surface area contributed by atoms with Gasteiger partial charge in [0.2, 0.25) is 6.43 Å². The zero-order valence-electron chi connectivity index (χ0n) is 12.1. The third kappa shape index (κ3) is 4.30. The first kappa shape index (κ1) is 16.1. The number of rotatable bonds is 3. The molecule has 4 nitrogen and oxygen atoms in total. The van der Waals surface area contributed by atoms with Gasteiger partial charge < -0.3 is 15.0 Å². The highest BCUT2D eigenvalue weighted by atomic mass is 19.3. The van der Waals surface area contributed by atoms with Crippen molar-refractivity contribution in [1.82, 2.24) is 10.2 Å². The molecule has 0 aromatic carbocycles. The number of hydrogen-bond acceptors (Lipinski definition) is 3. The van der Waals surface area contributed by atoms with Crippen molar-refractivity contribution < 1.29 is 18.3 Å². The van der Waals surface area contributed by atoms with Gasteiger partial charge in [-0.05, 0) is 40.7 Å². The van der Waals surface area contributed by atoms with Crippen molar-refractivity contribution in [1.29, 1.82) is 0 Å². The molecule has 0 radical (unpaired) electrons. The monoisotopic (exact) mass is 278 g/mol. The second kappa shape index (κ2) is 6.03. The molecule has 0 aromatic rings. The summed E-state index contributed by atoms with van der Waals surface area (Å²) in [6.45, 7) is 6.28. The average molecular weight is 278 g/mol. The largest absolute Gasteiger partial charge is 0.444 e.